The molecule has 11 heavy (non-hydrogen) atoms. The van der Waals surface area contributed by atoms with Crippen molar-refractivity contribution in [2.24, 2.45) is 10.7 Å². The van der Waals surface area contributed by atoms with Gasteiger partial charge in [-0.3, -0.25) is 4.79 Å². The van der Waals surface area contributed by atoms with Crippen molar-refractivity contribution in [2.75, 3.05) is 0 Å². The van der Waals surface area contributed by atoms with E-state index in [1.54, 1.807) is 0 Å². The summed E-state index contributed by atoms with van der Waals surface area (Å²) in [5.74, 6) is 0.368. The largest absolute Gasteiger partial charge is 0.364 e. The summed E-state index contributed by atoms with van der Waals surface area (Å²) in [4.78, 5) is 14.7. The molecule has 0 bridgehead atoms. The van der Waals surface area contributed by atoms with Crippen molar-refractivity contribution in [3.8, 4) is 0 Å². The minimum Gasteiger partial charge on any atom is -0.364 e. The van der Waals surface area contributed by atoms with Gasteiger partial charge < -0.3 is 10.3 Å². The summed E-state index contributed by atoms with van der Waals surface area (Å²) in [6.45, 7) is 0.512. The fraction of sp³-hybridized carbons (Fsp3) is 0.143. The number of hydrogen-bond donors (Lipinski definition) is 1. The number of fused-ring (bicyclic) bond motifs is 1. The number of rotatable bonds is 1. The summed E-state index contributed by atoms with van der Waals surface area (Å²) in [5, 5.41) is 0. The van der Waals surface area contributed by atoms with Gasteiger partial charge in [-0.05, 0) is 12.1 Å². The van der Waals surface area contributed by atoms with Crippen LogP contribution in [0.2, 0.25) is 0 Å². The maximum Gasteiger partial charge on any atom is 0.265 e. The van der Waals surface area contributed by atoms with Crippen LogP contribution in [0.3, 0.4) is 0 Å². The zero-order chi connectivity index (χ0) is 7.84. The van der Waals surface area contributed by atoms with Crippen molar-refractivity contribution in [3.05, 3.63) is 18.3 Å². The molecule has 0 aliphatic carbocycles. The molecule has 4 nitrogen and oxygen atoms in total. The molecule has 4 heteroatoms. The van der Waals surface area contributed by atoms with Crippen LogP contribution in [-0.4, -0.2) is 16.2 Å². The molecule has 1 aromatic rings. The lowest BCUT2D eigenvalue weighted by atomic mass is 10.4. The number of nitrogens with zero attached hydrogens (tertiary/aromatic N) is 2. The second kappa shape index (κ2) is 1.95. The Morgan fingerprint density at radius 2 is 2.55 bits per heavy atom. The number of amides is 1. The van der Waals surface area contributed by atoms with E-state index in [2.05, 4.69) is 4.99 Å². The molecular weight excluding hydrogens is 142 g/mol. The lowest BCUT2D eigenvalue weighted by molar-refractivity contribution is -0.112. The van der Waals surface area contributed by atoms with Crippen LogP contribution in [0.15, 0.2) is 23.3 Å². The molecule has 0 fully saturated rings. The third-order valence-corrected chi connectivity index (χ3v) is 1.66. The highest BCUT2D eigenvalue weighted by molar-refractivity contribution is 6.39. The van der Waals surface area contributed by atoms with E-state index >= 15 is 0 Å². The van der Waals surface area contributed by atoms with Gasteiger partial charge in [0, 0.05) is 6.20 Å². The second-order valence-electron chi connectivity index (χ2n) is 2.42. The molecule has 2 heterocycles. The van der Waals surface area contributed by atoms with E-state index in [1.165, 1.54) is 0 Å². The zero-order valence-corrected chi connectivity index (χ0v) is 5.82. The average molecular weight is 149 g/mol. The van der Waals surface area contributed by atoms with Crippen LogP contribution in [0.5, 0.6) is 0 Å². The van der Waals surface area contributed by atoms with Crippen LogP contribution in [0, 0.1) is 0 Å². The van der Waals surface area contributed by atoms with Crippen molar-refractivity contribution in [2.45, 2.75) is 6.54 Å². The molecular formula is C7H7N3O. The maximum atomic E-state index is 10.6. The first kappa shape index (κ1) is 6.15. The number of nitrogens with two attached hydrogens (primary N) is 1. The Balaban J connectivity index is 2.38. The van der Waals surface area contributed by atoms with Gasteiger partial charge in [0.2, 0.25) is 0 Å². The maximum absolute atomic E-state index is 10.6. The molecule has 0 aromatic carbocycles. The average Bonchev–Trinajstić information content (AvgIpc) is 2.40. The smallest absolute Gasteiger partial charge is 0.265 e. The fourth-order valence-electron chi connectivity index (χ4n) is 1.11. The van der Waals surface area contributed by atoms with E-state index in [4.69, 9.17) is 5.73 Å². The second-order valence-corrected chi connectivity index (χ2v) is 2.42. The molecule has 0 saturated carbocycles. The monoisotopic (exact) mass is 149 g/mol. The van der Waals surface area contributed by atoms with E-state index in [0.717, 1.165) is 5.82 Å². The fourth-order valence-corrected chi connectivity index (χ4v) is 1.11. The molecule has 1 aromatic heterocycles. The molecule has 56 valence electrons. The van der Waals surface area contributed by atoms with Gasteiger partial charge in [0.25, 0.3) is 5.91 Å². The van der Waals surface area contributed by atoms with Crippen molar-refractivity contribution in [1.29, 1.82) is 0 Å². The van der Waals surface area contributed by atoms with Crippen molar-refractivity contribution < 1.29 is 4.79 Å². The number of carbonyl (C=O) groups is 1. The van der Waals surface area contributed by atoms with Gasteiger partial charge in [0.05, 0.1) is 6.54 Å². The molecule has 1 aliphatic rings. The number of aromatic nitrogens is 1. The molecule has 0 spiro atoms. The number of aliphatic imine (C=N–C) groups is 1. The van der Waals surface area contributed by atoms with Crippen molar-refractivity contribution in [1.82, 2.24) is 4.57 Å². The van der Waals surface area contributed by atoms with Gasteiger partial charge in [-0.25, -0.2) is 4.99 Å². The molecule has 2 N–H and O–H groups in total. The minimum absolute atomic E-state index is 0.431. The normalized spacial score (nSPS) is 14.4. The minimum atomic E-state index is -0.436. The predicted octanol–water partition coefficient (Wildman–Crippen LogP) is 0.0595. The van der Waals surface area contributed by atoms with Gasteiger partial charge >= 0.3 is 0 Å². The molecule has 0 unspecified atom stereocenters. The van der Waals surface area contributed by atoms with E-state index in [9.17, 15) is 4.79 Å². The van der Waals surface area contributed by atoms with E-state index < -0.39 is 5.91 Å². The molecule has 1 amide bonds. The van der Waals surface area contributed by atoms with Crippen molar-refractivity contribution in [3.63, 3.8) is 0 Å². The van der Waals surface area contributed by atoms with Crippen LogP contribution in [-0.2, 0) is 11.3 Å². The van der Waals surface area contributed by atoms with Gasteiger partial charge in [-0.1, -0.05) is 0 Å². The first-order chi connectivity index (χ1) is 5.27. The molecule has 0 saturated heterocycles. The summed E-state index contributed by atoms with van der Waals surface area (Å²) in [5.41, 5.74) is 5.48. The third-order valence-electron chi connectivity index (χ3n) is 1.66. The van der Waals surface area contributed by atoms with Gasteiger partial charge in [-0.15, -0.1) is 0 Å². The SMILES string of the molecule is NC(=O)C1=Nc2cccn2C1. The first-order valence-corrected chi connectivity index (χ1v) is 3.30. The number of primary amides is 1. The molecule has 0 atom stereocenters. The summed E-state index contributed by atoms with van der Waals surface area (Å²) < 4.78 is 1.88. The first-order valence-electron chi connectivity index (χ1n) is 3.30. The Hall–Kier alpha value is -1.58. The number of hydrogen-bond acceptors (Lipinski definition) is 2. The summed E-state index contributed by atoms with van der Waals surface area (Å²) in [6, 6.07) is 3.73. The highest BCUT2D eigenvalue weighted by Gasteiger charge is 2.16. The Kier molecular flexibility index (Phi) is 1.09. The summed E-state index contributed by atoms with van der Waals surface area (Å²) >= 11 is 0. The van der Waals surface area contributed by atoms with Crippen molar-refractivity contribution >= 4 is 17.4 Å². The Bertz CT molecular complexity index is 337. The molecule has 2 rings (SSSR count). The Morgan fingerprint density at radius 3 is 3.18 bits per heavy atom. The van der Waals surface area contributed by atoms with Crippen LogP contribution in [0.4, 0.5) is 5.82 Å². The van der Waals surface area contributed by atoms with E-state index in [0.29, 0.717) is 12.3 Å². The summed E-state index contributed by atoms with van der Waals surface area (Å²) in [6.07, 6.45) is 1.87. The van der Waals surface area contributed by atoms with Gasteiger partial charge in [-0.2, -0.15) is 0 Å². The lowest BCUT2D eigenvalue weighted by Gasteiger charge is -1.92. The van der Waals surface area contributed by atoms with E-state index in [-0.39, 0.29) is 0 Å². The van der Waals surface area contributed by atoms with Crippen LogP contribution in [0.1, 0.15) is 0 Å². The lowest BCUT2D eigenvalue weighted by Crippen LogP contribution is -2.24. The van der Waals surface area contributed by atoms with Gasteiger partial charge in [0.1, 0.15) is 11.5 Å². The summed E-state index contributed by atoms with van der Waals surface area (Å²) in [7, 11) is 0. The standard InChI is InChI=1S/C7H7N3O/c8-7(11)5-4-10-3-1-2-6(10)9-5/h1-3H,4H2,(H2,8,11). The van der Waals surface area contributed by atoms with Crippen LogP contribution in [0.25, 0.3) is 0 Å². The Labute approximate surface area is 63.3 Å². The van der Waals surface area contributed by atoms with Crippen LogP contribution >= 0.6 is 0 Å². The molecule has 0 radical (unpaired) electrons. The molecule has 1 aliphatic heterocycles. The third kappa shape index (κ3) is 0.832. The van der Waals surface area contributed by atoms with E-state index in [1.807, 2.05) is 22.9 Å². The quantitative estimate of drug-likeness (QED) is 0.603. The topological polar surface area (TPSA) is 60.4 Å². The van der Waals surface area contributed by atoms with Gasteiger partial charge in [0.15, 0.2) is 0 Å². The Morgan fingerprint density at radius 1 is 1.73 bits per heavy atom. The highest BCUT2D eigenvalue weighted by atomic mass is 16.1. The predicted molar refractivity (Wildman–Crippen MR) is 40.7 cm³/mol. The number of carbonyl (C=O) groups excluding carboxylic acids is 1. The zero-order valence-electron chi connectivity index (χ0n) is 5.82. The highest BCUT2D eigenvalue weighted by Crippen LogP contribution is 2.19. The van der Waals surface area contributed by atoms with Crippen LogP contribution < -0.4 is 5.73 Å².